The number of aryl methyl sites for hydroxylation is 1. The molecule has 5 nitrogen and oxygen atoms in total. The van der Waals surface area contributed by atoms with Gasteiger partial charge in [0.15, 0.2) is 6.67 Å². The highest BCUT2D eigenvalue weighted by molar-refractivity contribution is 6.05. The molecule has 6 heteroatoms. The number of hydrogen-bond acceptors (Lipinski definition) is 3. The Morgan fingerprint density at radius 2 is 2.21 bits per heavy atom. The Hall–Kier alpha value is -2.76. The maximum atomic E-state index is 12.8. The van der Waals surface area contributed by atoms with Gasteiger partial charge in [0, 0.05) is 42.0 Å². The SMILES string of the molecule is O=C(CF)Nc1c(-c2cccnc2)cc2c3c1CCN3C(=O)CC2. The zero-order valence-electron chi connectivity index (χ0n) is 13.0. The number of nitrogens with one attached hydrogen (secondary N) is 1. The highest BCUT2D eigenvalue weighted by atomic mass is 19.1. The molecule has 2 amide bonds. The van der Waals surface area contributed by atoms with Gasteiger partial charge in [0.2, 0.25) is 5.91 Å². The number of alkyl halides is 1. The molecule has 0 bridgehead atoms. The number of halogens is 1. The number of amides is 2. The van der Waals surface area contributed by atoms with Crippen LogP contribution in [0.5, 0.6) is 0 Å². The molecule has 2 aliphatic heterocycles. The summed E-state index contributed by atoms with van der Waals surface area (Å²) in [6, 6.07) is 5.73. The highest BCUT2D eigenvalue weighted by Gasteiger charge is 2.34. The number of carbonyl (C=O) groups excluding carboxylic acids is 2. The van der Waals surface area contributed by atoms with E-state index in [9.17, 15) is 14.0 Å². The molecule has 0 fully saturated rings. The van der Waals surface area contributed by atoms with Crippen molar-refractivity contribution in [2.45, 2.75) is 19.3 Å². The first-order valence-electron chi connectivity index (χ1n) is 7.94. The molecule has 0 aliphatic carbocycles. The molecule has 0 unspecified atom stereocenters. The summed E-state index contributed by atoms with van der Waals surface area (Å²) in [7, 11) is 0. The third-order valence-electron chi connectivity index (χ3n) is 4.60. The number of aromatic nitrogens is 1. The van der Waals surface area contributed by atoms with E-state index in [2.05, 4.69) is 10.3 Å². The van der Waals surface area contributed by atoms with E-state index in [-0.39, 0.29) is 5.91 Å². The van der Waals surface area contributed by atoms with Crippen molar-refractivity contribution in [1.29, 1.82) is 0 Å². The molecule has 2 aliphatic rings. The quantitative estimate of drug-likeness (QED) is 0.943. The van der Waals surface area contributed by atoms with Crippen LogP contribution in [0.4, 0.5) is 15.8 Å². The van der Waals surface area contributed by atoms with E-state index in [1.165, 1.54) is 0 Å². The topological polar surface area (TPSA) is 62.3 Å². The van der Waals surface area contributed by atoms with E-state index in [1.54, 1.807) is 17.3 Å². The number of benzene rings is 1. The van der Waals surface area contributed by atoms with E-state index >= 15 is 0 Å². The summed E-state index contributed by atoms with van der Waals surface area (Å²) < 4.78 is 12.8. The van der Waals surface area contributed by atoms with E-state index < -0.39 is 12.6 Å². The second kappa shape index (κ2) is 5.70. The lowest BCUT2D eigenvalue weighted by molar-refractivity contribution is -0.119. The summed E-state index contributed by atoms with van der Waals surface area (Å²) in [5.74, 6) is -0.574. The highest BCUT2D eigenvalue weighted by Crippen LogP contribution is 2.45. The van der Waals surface area contributed by atoms with Crippen molar-refractivity contribution in [3.63, 3.8) is 0 Å². The average Bonchev–Trinajstić information content (AvgIpc) is 3.07. The van der Waals surface area contributed by atoms with Crippen LogP contribution >= 0.6 is 0 Å². The molecular formula is C18H16FN3O2. The fraction of sp³-hybridized carbons (Fsp3) is 0.278. The Balaban J connectivity index is 1.94. The second-order valence-electron chi connectivity index (χ2n) is 6.00. The Morgan fingerprint density at radius 3 is 2.96 bits per heavy atom. The number of pyridine rings is 1. The molecule has 3 heterocycles. The minimum Gasteiger partial charge on any atom is -0.323 e. The zero-order valence-corrected chi connectivity index (χ0v) is 13.0. The lowest BCUT2D eigenvalue weighted by Gasteiger charge is -2.27. The molecule has 24 heavy (non-hydrogen) atoms. The van der Waals surface area contributed by atoms with Gasteiger partial charge in [-0.1, -0.05) is 6.07 Å². The average molecular weight is 325 g/mol. The first-order chi connectivity index (χ1) is 11.7. The molecule has 0 saturated carbocycles. The van der Waals surface area contributed by atoms with Crippen molar-refractivity contribution in [2.24, 2.45) is 0 Å². The maximum Gasteiger partial charge on any atom is 0.255 e. The van der Waals surface area contributed by atoms with Crippen LogP contribution in [0.25, 0.3) is 11.1 Å². The minimum absolute atomic E-state index is 0.109. The first kappa shape index (κ1) is 14.8. The fourth-order valence-corrected chi connectivity index (χ4v) is 3.59. The Bertz CT molecular complexity index is 836. The lowest BCUT2D eigenvalue weighted by Crippen LogP contribution is -2.32. The molecule has 4 rings (SSSR count). The van der Waals surface area contributed by atoms with Crippen LogP contribution < -0.4 is 10.2 Å². The largest absolute Gasteiger partial charge is 0.323 e. The lowest BCUT2D eigenvalue weighted by atomic mass is 9.92. The van der Waals surface area contributed by atoms with E-state index in [0.29, 0.717) is 31.5 Å². The molecule has 1 aromatic heterocycles. The van der Waals surface area contributed by atoms with Gasteiger partial charge in [-0.05, 0) is 30.5 Å². The predicted molar refractivity (Wildman–Crippen MR) is 88.7 cm³/mol. The van der Waals surface area contributed by atoms with Gasteiger partial charge in [0.05, 0.1) is 11.4 Å². The van der Waals surface area contributed by atoms with E-state index in [0.717, 1.165) is 27.9 Å². The summed E-state index contributed by atoms with van der Waals surface area (Å²) in [6.45, 7) is -0.470. The van der Waals surface area contributed by atoms with Crippen LogP contribution in [0.2, 0.25) is 0 Å². The summed E-state index contributed by atoms with van der Waals surface area (Å²) in [5, 5.41) is 2.69. The molecule has 1 N–H and O–H groups in total. The molecule has 0 spiro atoms. The van der Waals surface area contributed by atoms with Gasteiger partial charge in [0.25, 0.3) is 5.91 Å². The normalized spacial score (nSPS) is 15.4. The predicted octanol–water partition coefficient (Wildman–Crippen LogP) is 2.49. The standard InChI is InChI=1S/C18H16FN3O2/c19-9-15(23)21-17-13-5-7-22-16(24)4-3-11(18(13)22)8-14(17)12-2-1-6-20-10-12/h1-2,6,8,10H,3-5,7,9H2,(H,21,23). The Kier molecular flexibility index (Phi) is 3.52. The molecule has 2 aromatic rings. The molecule has 122 valence electrons. The van der Waals surface area contributed by atoms with Gasteiger partial charge < -0.3 is 10.2 Å². The number of hydrogen-bond donors (Lipinski definition) is 1. The van der Waals surface area contributed by atoms with Gasteiger partial charge in [-0.25, -0.2) is 4.39 Å². The van der Waals surface area contributed by atoms with Crippen molar-refractivity contribution < 1.29 is 14.0 Å². The van der Waals surface area contributed by atoms with E-state index in [1.807, 2.05) is 18.2 Å². The van der Waals surface area contributed by atoms with Crippen molar-refractivity contribution in [3.05, 3.63) is 41.7 Å². The molecular weight excluding hydrogens is 309 g/mol. The summed E-state index contributed by atoms with van der Waals surface area (Å²) in [4.78, 5) is 29.8. The van der Waals surface area contributed by atoms with E-state index in [4.69, 9.17) is 0 Å². The van der Waals surface area contributed by atoms with Crippen molar-refractivity contribution >= 4 is 23.2 Å². The molecule has 0 atom stereocenters. The summed E-state index contributed by atoms with van der Waals surface area (Å²) >= 11 is 0. The first-order valence-corrected chi connectivity index (χ1v) is 7.94. The smallest absolute Gasteiger partial charge is 0.255 e. The molecule has 0 saturated heterocycles. The fourth-order valence-electron chi connectivity index (χ4n) is 3.59. The van der Waals surface area contributed by atoms with Crippen LogP contribution in [-0.4, -0.2) is 30.0 Å². The second-order valence-corrected chi connectivity index (χ2v) is 6.00. The van der Waals surface area contributed by atoms with Crippen molar-refractivity contribution in [1.82, 2.24) is 4.98 Å². The van der Waals surface area contributed by atoms with Crippen LogP contribution in [0.15, 0.2) is 30.6 Å². The Morgan fingerprint density at radius 1 is 1.33 bits per heavy atom. The number of nitrogens with zero attached hydrogens (tertiary/aromatic N) is 2. The van der Waals surface area contributed by atoms with Gasteiger partial charge in [-0.2, -0.15) is 0 Å². The van der Waals surface area contributed by atoms with Crippen LogP contribution in [-0.2, 0) is 22.4 Å². The maximum absolute atomic E-state index is 12.8. The van der Waals surface area contributed by atoms with Crippen LogP contribution in [0.1, 0.15) is 17.5 Å². The molecule has 0 radical (unpaired) electrons. The number of rotatable bonds is 3. The third kappa shape index (κ3) is 2.26. The number of anilines is 2. The van der Waals surface area contributed by atoms with Crippen LogP contribution in [0, 0.1) is 0 Å². The zero-order chi connectivity index (χ0) is 16.7. The van der Waals surface area contributed by atoms with Crippen molar-refractivity contribution in [3.8, 4) is 11.1 Å². The summed E-state index contributed by atoms with van der Waals surface area (Å²) in [5.41, 5.74) is 5.20. The van der Waals surface area contributed by atoms with Crippen molar-refractivity contribution in [2.75, 3.05) is 23.4 Å². The van der Waals surface area contributed by atoms with Gasteiger partial charge in [-0.3, -0.25) is 14.6 Å². The summed E-state index contributed by atoms with van der Waals surface area (Å²) in [6.07, 6.45) is 5.24. The minimum atomic E-state index is -1.08. The van der Waals surface area contributed by atoms with Gasteiger partial charge in [-0.15, -0.1) is 0 Å². The number of carbonyl (C=O) groups is 2. The molecule has 1 aromatic carbocycles. The van der Waals surface area contributed by atoms with Gasteiger partial charge in [0.1, 0.15) is 0 Å². The third-order valence-corrected chi connectivity index (χ3v) is 4.60. The monoisotopic (exact) mass is 325 g/mol. The Labute approximate surface area is 138 Å². The van der Waals surface area contributed by atoms with Crippen LogP contribution in [0.3, 0.4) is 0 Å². The van der Waals surface area contributed by atoms with Gasteiger partial charge >= 0.3 is 0 Å².